The molecule has 1 heterocycles. The Morgan fingerprint density at radius 2 is 2.31 bits per heavy atom. The van der Waals surface area contributed by atoms with E-state index in [2.05, 4.69) is 5.32 Å². The molecule has 1 amide bonds. The molecule has 4 heteroatoms. The van der Waals surface area contributed by atoms with Gasteiger partial charge in [0, 0.05) is 18.6 Å². The molecule has 1 aliphatic rings. The lowest BCUT2D eigenvalue weighted by atomic mass is 10.1. The molecule has 0 spiro atoms. The highest BCUT2D eigenvalue weighted by Gasteiger charge is 2.25. The number of carbonyl (C=O) groups excluding carboxylic acids is 1. The largest absolute Gasteiger partial charge is 0.344 e. The van der Waals surface area contributed by atoms with E-state index >= 15 is 0 Å². The molecule has 86 valence electrons. The summed E-state index contributed by atoms with van der Waals surface area (Å²) in [6.45, 7) is 1.66. The van der Waals surface area contributed by atoms with Crippen LogP contribution >= 0.6 is 11.6 Å². The molecule has 16 heavy (non-hydrogen) atoms. The van der Waals surface area contributed by atoms with Crippen LogP contribution in [0.15, 0.2) is 24.3 Å². The van der Waals surface area contributed by atoms with E-state index in [1.165, 1.54) is 0 Å². The fourth-order valence-corrected chi connectivity index (χ4v) is 2.13. The molecular formula is C12H15ClN2O. The third kappa shape index (κ3) is 2.36. The van der Waals surface area contributed by atoms with Crippen molar-refractivity contribution in [2.45, 2.75) is 12.5 Å². The summed E-state index contributed by atoms with van der Waals surface area (Å²) < 4.78 is 0. The number of carbonyl (C=O) groups is 1. The smallest absolute Gasteiger partial charge is 0.244 e. The van der Waals surface area contributed by atoms with Crippen LogP contribution in [-0.4, -0.2) is 30.9 Å². The molecule has 2 rings (SSSR count). The van der Waals surface area contributed by atoms with Crippen LogP contribution in [0.2, 0.25) is 5.02 Å². The maximum atomic E-state index is 12.1. The number of amides is 1. The van der Waals surface area contributed by atoms with Gasteiger partial charge in [0.1, 0.15) is 6.04 Å². The SMILES string of the molecule is CN1CCCNC(c2cccc(Cl)c2)C1=O. The fraction of sp³-hybridized carbons (Fsp3) is 0.417. The minimum absolute atomic E-state index is 0.111. The zero-order chi connectivity index (χ0) is 11.5. The average Bonchev–Trinajstić information content (AvgIpc) is 2.42. The summed E-state index contributed by atoms with van der Waals surface area (Å²) >= 11 is 5.94. The number of nitrogens with one attached hydrogen (secondary N) is 1. The van der Waals surface area contributed by atoms with Crippen LogP contribution in [0, 0.1) is 0 Å². The Morgan fingerprint density at radius 3 is 3.06 bits per heavy atom. The first kappa shape index (κ1) is 11.4. The summed E-state index contributed by atoms with van der Waals surface area (Å²) in [6.07, 6.45) is 0.985. The van der Waals surface area contributed by atoms with Gasteiger partial charge in [0.25, 0.3) is 0 Å². The van der Waals surface area contributed by atoms with Crippen molar-refractivity contribution in [2.24, 2.45) is 0 Å². The molecule has 1 N–H and O–H groups in total. The molecule has 0 aromatic heterocycles. The van der Waals surface area contributed by atoms with E-state index in [1.54, 1.807) is 4.90 Å². The quantitative estimate of drug-likeness (QED) is 0.810. The molecule has 0 bridgehead atoms. The van der Waals surface area contributed by atoms with Gasteiger partial charge in [-0.1, -0.05) is 23.7 Å². The summed E-state index contributed by atoms with van der Waals surface area (Å²) in [4.78, 5) is 13.8. The summed E-state index contributed by atoms with van der Waals surface area (Å²) in [5.74, 6) is 0.111. The Labute approximate surface area is 100 Å². The summed E-state index contributed by atoms with van der Waals surface area (Å²) in [5.41, 5.74) is 0.936. The van der Waals surface area contributed by atoms with Crippen LogP contribution in [0.5, 0.6) is 0 Å². The van der Waals surface area contributed by atoms with E-state index in [4.69, 9.17) is 11.6 Å². The Balaban J connectivity index is 2.27. The van der Waals surface area contributed by atoms with E-state index < -0.39 is 0 Å². The van der Waals surface area contributed by atoms with Gasteiger partial charge in [0.15, 0.2) is 0 Å². The number of rotatable bonds is 1. The minimum Gasteiger partial charge on any atom is -0.344 e. The van der Waals surface area contributed by atoms with Crippen LogP contribution in [-0.2, 0) is 4.79 Å². The summed E-state index contributed by atoms with van der Waals surface area (Å²) in [6, 6.07) is 7.20. The van der Waals surface area contributed by atoms with Crippen LogP contribution in [0.1, 0.15) is 18.0 Å². The van der Waals surface area contributed by atoms with Gasteiger partial charge in [-0.05, 0) is 30.7 Å². The molecule has 0 aliphatic carbocycles. The number of benzene rings is 1. The molecule has 1 atom stereocenters. The molecule has 0 saturated carbocycles. The van der Waals surface area contributed by atoms with E-state index in [9.17, 15) is 4.79 Å². The van der Waals surface area contributed by atoms with Gasteiger partial charge in [0.05, 0.1) is 0 Å². The monoisotopic (exact) mass is 238 g/mol. The normalized spacial score (nSPS) is 22.0. The van der Waals surface area contributed by atoms with Gasteiger partial charge < -0.3 is 10.2 Å². The zero-order valence-electron chi connectivity index (χ0n) is 9.24. The summed E-state index contributed by atoms with van der Waals surface area (Å²) in [5, 5.41) is 3.92. The lowest BCUT2D eigenvalue weighted by molar-refractivity contribution is -0.131. The first-order valence-corrected chi connectivity index (χ1v) is 5.80. The number of likely N-dealkylation sites (N-methyl/N-ethyl adjacent to an activating group) is 1. The predicted molar refractivity (Wildman–Crippen MR) is 64.4 cm³/mol. The lowest BCUT2D eigenvalue weighted by Gasteiger charge is -2.20. The van der Waals surface area contributed by atoms with Crippen LogP contribution < -0.4 is 5.32 Å². The van der Waals surface area contributed by atoms with Crippen molar-refractivity contribution in [1.82, 2.24) is 10.2 Å². The van der Waals surface area contributed by atoms with Gasteiger partial charge in [-0.25, -0.2) is 0 Å². The molecule has 3 nitrogen and oxygen atoms in total. The average molecular weight is 239 g/mol. The molecule has 1 unspecified atom stereocenters. The first-order valence-electron chi connectivity index (χ1n) is 5.42. The van der Waals surface area contributed by atoms with Crippen LogP contribution in [0.25, 0.3) is 0 Å². The second-order valence-corrected chi connectivity index (χ2v) is 4.49. The number of hydrogen-bond donors (Lipinski definition) is 1. The first-order chi connectivity index (χ1) is 7.68. The van der Waals surface area contributed by atoms with Crippen molar-refractivity contribution in [3.05, 3.63) is 34.9 Å². The Hall–Kier alpha value is -1.06. The highest BCUT2D eigenvalue weighted by atomic mass is 35.5. The molecule has 1 aromatic rings. The molecule has 1 fully saturated rings. The molecule has 0 radical (unpaired) electrons. The van der Waals surface area contributed by atoms with Crippen molar-refractivity contribution in [3.8, 4) is 0 Å². The van der Waals surface area contributed by atoms with Gasteiger partial charge >= 0.3 is 0 Å². The topological polar surface area (TPSA) is 32.3 Å². The maximum Gasteiger partial charge on any atom is 0.244 e. The third-order valence-electron chi connectivity index (χ3n) is 2.82. The van der Waals surface area contributed by atoms with Crippen molar-refractivity contribution in [1.29, 1.82) is 0 Å². The fourth-order valence-electron chi connectivity index (χ4n) is 1.93. The Kier molecular flexibility index (Phi) is 3.46. The second kappa shape index (κ2) is 4.85. The number of halogens is 1. The minimum atomic E-state index is -0.258. The van der Waals surface area contributed by atoms with Crippen LogP contribution in [0.4, 0.5) is 0 Å². The highest BCUT2D eigenvalue weighted by molar-refractivity contribution is 6.30. The highest BCUT2D eigenvalue weighted by Crippen LogP contribution is 2.20. The van der Waals surface area contributed by atoms with Crippen molar-refractivity contribution < 1.29 is 4.79 Å². The third-order valence-corrected chi connectivity index (χ3v) is 3.06. The van der Waals surface area contributed by atoms with Crippen LogP contribution in [0.3, 0.4) is 0 Å². The Bertz CT molecular complexity index is 394. The zero-order valence-corrected chi connectivity index (χ0v) is 10.00. The molecule has 1 aromatic carbocycles. The lowest BCUT2D eigenvalue weighted by Crippen LogP contribution is -2.35. The maximum absolute atomic E-state index is 12.1. The van der Waals surface area contributed by atoms with Gasteiger partial charge in [-0.15, -0.1) is 0 Å². The molecule has 1 aliphatic heterocycles. The molecular weight excluding hydrogens is 224 g/mol. The van der Waals surface area contributed by atoms with Crippen molar-refractivity contribution in [2.75, 3.05) is 20.1 Å². The molecule has 1 saturated heterocycles. The van der Waals surface area contributed by atoms with E-state index in [0.717, 1.165) is 25.1 Å². The second-order valence-electron chi connectivity index (χ2n) is 4.06. The van der Waals surface area contributed by atoms with E-state index in [1.807, 2.05) is 31.3 Å². The van der Waals surface area contributed by atoms with Gasteiger partial charge in [-0.2, -0.15) is 0 Å². The van der Waals surface area contributed by atoms with Gasteiger partial charge in [0.2, 0.25) is 5.91 Å². The predicted octanol–water partition coefficient (Wildman–Crippen LogP) is 1.83. The number of hydrogen-bond acceptors (Lipinski definition) is 2. The summed E-state index contributed by atoms with van der Waals surface area (Å²) in [7, 11) is 1.84. The van der Waals surface area contributed by atoms with Crippen molar-refractivity contribution >= 4 is 17.5 Å². The standard InChI is InChI=1S/C12H15ClN2O/c1-15-7-3-6-14-11(12(15)16)9-4-2-5-10(13)8-9/h2,4-5,8,11,14H,3,6-7H2,1H3. The van der Waals surface area contributed by atoms with E-state index in [-0.39, 0.29) is 11.9 Å². The van der Waals surface area contributed by atoms with Crippen molar-refractivity contribution in [3.63, 3.8) is 0 Å². The number of nitrogens with zero attached hydrogens (tertiary/aromatic N) is 1. The van der Waals surface area contributed by atoms with Gasteiger partial charge in [-0.3, -0.25) is 4.79 Å². The van der Waals surface area contributed by atoms with E-state index in [0.29, 0.717) is 5.02 Å². The Morgan fingerprint density at radius 1 is 1.50 bits per heavy atom.